The smallest absolute Gasteiger partial charge is 0.248 e. The van der Waals surface area contributed by atoms with E-state index in [0.717, 1.165) is 16.7 Å². The Hall–Kier alpha value is -2.70. The molecule has 0 unspecified atom stereocenters. The number of likely N-dealkylation sites (tertiary alicyclic amines) is 2. The molecule has 2 aromatic rings. The molecule has 2 atom stereocenters. The predicted molar refractivity (Wildman–Crippen MR) is 109 cm³/mol. The molecule has 0 bridgehead atoms. The SMILES string of the molecule is COCC(=O)N1CC2(C1)[C@H](c1ccc(-c3ccccc3)cc1)[C@@H](CO)N2C(C)=O. The van der Waals surface area contributed by atoms with Crippen molar-refractivity contribution < 1.29 is 19.4 Å². The Balaban J connectivity index is 1.61. The van der Waals surface area contributed by atoms with Crippen LogP contribution in [-0.4, -0.2) is 71.7 Å². The second-order valence-corrected chi connectivity index (χ2v) is 7.89. The molecule has 0 aromatic heterocycles. The van der Waals surface area contributed by atoms with Gasteiger partial charge in [0.05, 0.1) is 18.2 Å². The number of carbonyl (C=O) groups is 2. The highest BCUT2D eigenvalue weighted by molar-refractivity contribution is 5.82. The Morgan fingerprint density at radius 3 is 2.24 bits per heavy atom. The van der Waals surface area contributed by atoms with Gasteiger partial charge in [-0.15, -0.1) is 0 Å². The van der Waals surface area contributed by atoms with E-state index >= 15 is 0 Å². The molecular weight excluding hydrogens is 368 g/mol. The van der Waals surface area contributed by atoms with E-state index in [0.29, 0.717) is 13.1 Å². The number of methoxy groups -OCH3 is 1. The highest BCUT2D eigenvalue weighted by Gasteiger charge is 2.67. The van der Waals surface area contributed by atoms with Crippen LogP contribution in [0.2, 0.25) is 0 Å². The molecule has 2 fully saturated rings. The molecule has 2 aromatic carbocycles. The zero-order chi connectivity index (χ0) is 20.6. The fraction of sp³-hybridized carbons (Fsp3) is 0.391. The van der Waals surface area contributed by atoms with Gasteiger partial charge >= 0.3 is 0 Å². The fourth-order valence-electron chi connectivity index (χ4n) is 5.04. The lowest BCUT2D eigenvalue weighted by molar-refractivity contribution is -0.202. The Labute approximate surface area is 170 Å². The van der Waals surface area contributed by atoms with Crippen molar-refractivity contribution in [1.82, 2.24) is 9.80 Å². The minimum Gasteiger partial charge on any atom is -0.394 e. The minimum atomic E-state index is -0.448. The van der Waals surface area contributed by atoms with Crippen LogP contribution in [0.4, 0.5) is 0 Å². The van der Waals surface area contributed by atoms with E-state index in [2.05, 4.69) is 36.4 Å². The van der Waals surface area contributed by atoms with Crippen molar-refractivity contribution in [3.63, 3.8) is 0 Å². The summed E-state index contributed by atoms with van der Waals surface area (Å²) in [6.07, 6.45) is 0. The molecule has 2 amide bonds. The van der Waals surface area contributed by atoms with Crippen molar-refractivity contribution >= 4 is 11.8 Å². The van der Waals surface area contributed by atoms with Crippen molar-refractivity contribution in [3.05, 3.63) is 60.2 Å². The standard InChI is InChI=1S/C23H26N2O4/c1-16(27)25-20(12-26)22(23(25)14-24(15-23)21(28)13-29-2)19-10-8-18(9-11-19)17-6-4-3-5-7-17/h3-11,20,22,26H,12-15H2,1-2H3/t20-,22-/m1/s1. The van der Waals surface area contributed by atoms with Gasteiger partial charge in [-0.05, 0) is 16.7 Å². The zero-order valence-corrected chi connectivity index (χ0v) is 16.7. The molecule has 2 heterocycles. The van der Waals surface area contributed by atoms with E-state index in [1.807, 2.05) is 18.2 Å². The van der Waals surface area contributed by atoms with E-state index in [1.165, 1.54) is 14.0 Å². The molecule has 0 radical (unpaired) electrons. The fourth-order valence-corrected chi connectivity index (χ4v) is 5.04. The normalized spacial score (nSPS) is 22.2. The first-order valence-electron chi connectivity index (χ1n) is 9.84. The van der Waals surface area contributed by atoms with E-state index in [9.17, 15) is 14.7 Å². The lowest BCUT2D eigenvalue weighted by Crippen LogP contribution is -2.85. The summed E-state index contributed by atoms with van der Waals surface area (Å²) in [4.78, 5) is 28.0. The Bertz CT molecular complexity index is 891. The summed E-state index contributed by atoms with van der Waals surface area (Å²) in [5, 5.41) is 9.99. The maximum absolute atomic E-state index is 12.3. The van der Waals surface area contributed by atoms with Crippen LogP contribution in [0.25, 0.3) is 11.1 Å². The van der Waals surface area contributed by atoms with Crippen LogP contribution < -0.4 is 0 Å². The van der Waals surface area contributed by atoms with Gasteiger partial charge in [0.2, 0.25) is 11.8 Å². The third-order valence-corrected chi connectivity index (χ3v) is 6.23. The lowest BCUT2D eigenvalue weighted by Gasteiger charge is -2.70. The zero-order valence-electron chi connectivity index (χ0n) is 16.7. The van der Waals surface area contributed by atoms with Gasteiger partial charge in [0.25, 0.3) is 0 Å². The number of hydrogen-bond acceptors (Lipinski definition) is 4. The van der Waals surface area contributed by atoms with Crippen LogP contribution in [0.1, 0.15) is 18.4 Å². The van der Waals surface area contributed by atoms with Crippen LogP contribution >= 0.6 is 0 Å². The Kier molecular flexibility index (Phi) is 5.15. The third kappa shape index (κ3) is 3.12. The van der Waals surface area contributed by atoms with Crippen LogP contribution in [-0.2, 0) is 14.3 Å². The van der Waals surface area contributed by atoms with Crippen molar-refractivity contribution in [3.8, 4) is 11.1 Å². The average molecular weight is 394 g/mol. The largest absolute Gasteiger partial charge is 0.394 e. The number of nitrogens with zero attached hydrogens (tertiary/aromatic N) is 2. The molecule has 1 N–H and O–H groups in total. The lowest BCUT2D eigenvalue weighted by atomic mass is 9.60. The Morgan fingerprint density at radius 1 is 1.07 bits per heavy atom. The highest BCUT2D eigenvalue weighted by Crippen LogP contribution is 2.53. The number of hydrogen-bond donors (Lipinski definition) is 1. The quantitative estimate of drug-likeness (QED) is 0.841. The molecule has 6 nitrogen and oxygen atoms in total. The van der Waals surface area contributed by atoms with Crippen LogP contribution in [0.5, 0.6) is 0 Å². The molecule has 152 valence electrons. The number of aliphatic hydroxyl groups is 1. The third-order valence-electron chi connectivity index (χ3n) is 6.23. The maximum Gasteiger partial charge on any atom is 0.248 e. The first-order chi connectivity index (χ1) is 14.0. The molecule has 2 aliphatic heterocycles. The first kappa shape index (κ1) is 19.6. The van der Waals surface area contributed by atoms with E-state index in [4.69, 9.17) is 4.74 Å². The molecule has 2 saturated heterocycles. The summed E-state index contributed by atoms with van der Waals surface area (Å²) in [7, 11) is 1.50. The van der Waals surface area contributed by atoms with Gasteiger partial charge in [-0.3, -0.25) is 9.59 Å². The summed E-state index contributed by atoms with van der Waals surface area (Å²) in [5.74, 6) is -0.153. The van der Waals surface area contributed by atoms with Gasteiger partial charge in [-0.2, -0.15) is 0 Å². The topological polar surface area (TPSA) is 70.1 Å². The molecular formula is C23H26N2O4. The summed E-state index contributed by atoms with van der Waals surface area (Å²) in [5.41, 5.74) is 2.90. The van der Waals surface area contributed by atoms with Crippen LogP contribution in [0.15, 0.2) is 54.6 Å². The summed E-state index contributed by atoms with van der Waals surface area (Å²) >= 11 is 0. The van der Waals surface area contributed by atoms with Crippen molar-refractivity contribution in [2.45, 2.75) is 24.4 Å². The number of amides is 2. The molecule has 29 heavy (non-hydrogen) atoms. The summed E-state index contributed by atoms with van der Waals surface area (Å²) < 4.78 is 4.95. The summed E-state index contributed by atoms with van der Waals surface area (Å²) in [6, 6.07) is 18.2. The van der Waals surface area contributed by atoms with E-state index in [-0.39, 0.29) is 37.0 Å². The molecule has 0 aliphatic carbocycles. The van der Waals surface area contributed by atoms with Gasteiger partial charge in [0.15, 0.2) is 0 Å². The first-order valence-corrected chi connectivity index (χ1v) is 9.84. The Morgan fingerprint density at radius 2 is 1.69 bits per heavy atom. The monoisotopic (exact) mass is 394 g/mol. The molecule has 0 saturated carbocycles. The van der Waals surface area contributed by atoms with Gasteiger partial charge in [0, 0.05) is 33.0 Å². The van der Waals surface area contributed by atoms with E-state index < -0.39 is 5.54 Å². The number of aliphatic hydroxyl groups excluding tert-OH is 1. The average Bonchev–Trinajstić information content (AvgIpc) is 2.67. The highest BCUT2D eigenvalue weighted by atomic mass is 16.5. The molecule has 2 aliphatic rings. The minimum absolute atomic E-state index is 0.00665. The van der Waals surface area contributed by atoms with Gasteiger partial charge < -0.3 is 19.6 Å². The second kappa shape index (κ2) is 7.61. The van der Waals surface area contributed by atoms with Crippen LogP contribution in [0, 0.1) is 0 Å². The molecule has 6 heteroatoms. The molecule has 1 spiro atoms. The molecule has 4 rings (SSSR count). The van der Waals surface area contributed by atoms with Gasteiger partial charge in [0.1, 0.15) is 6.61 Å². The number of benzene rings is 2. The number of rotatable bonds is 5. The van der Waals surface area contributed by atoms with Gasteiger partial charge in [-0.1, -0.05) is 54.6 Å². The number of ether oxygens (including phenoxy) is 1. The summed E-state index contributed by atoms with van der Waals surface area (Å²) in [6.45, 7) is 2.40. The second-order valence-electron chi connectivity index (χ2n) is 7.89. The van der Waals surface area contributed by atoms with Crippen LogP contribution in [0.3, 0.4) is 0 Å². The maximum atomic E-state index is 12.3. The van der Waals surface area contributed by atoms with Crippen molar-refractivity contribution in [1.29, 1.82) is 0 Å². The predicted octanol–water partition coefficient (Wildman–Crippen LogP) is 1.89. The van der Waals surface area contributed by atoms with Crippen molar-refractivity contribution in [2.75, 3.05) is 33.4 Å². The van der Waals surface area contributed by atoms with Crippen molar-refractivity contribution in [2.24, 2.45) is 0 Å². The van der Waals surface area contributed by atoms with E-state index in [1.54, 1.807) is 9.80 Å². The van der Waals surface area contributed by atoms with Gasteiger partial charge in [-0.25, -0.2) is 0 Å². The number of carbonyl (C=O) groups excluding carboxylic acids is 2.